The molecule has 4 nitrogen and oxygen atoms in total. The van der Waals surface area contributed by atoms with Crippen molar-refractivity contribution in [2.75, 3.05) is 5.43 Å². The van der Waals surface area contributed by atoms with Gasteiger partial charge in [-0.05, 0) is 17.7 Å². The van der Waals surface area contributed by atoms with E-state index in [0.29, 0.717) is 5.82 Å². The highest BCUT2D eigenvalue weighted by molar-refractivity contribution is 7.98. The maximum Gasteiger partial charge on any atom is 0.159 e. The van der Waals surface area contributed by atoms with E-state index in [-0.39, 0.29) is 0 Å². The van der Waals surface area contributed by atoms with Crippen molar-refractivity contribution in [2.24, 2.45) is 5.84 Å². The number of hydrogen-bond donors (Lipinski definition) is 2. The van der Waals surface area contributed by atoms with Crippen molar-refractivity contribution < 1.29 is 0 Å². The Hall–Kier alpha value is -1.30. The first kappa shape index (κ1) is 12.2. The van der Waals surface area contributed by atoms with Crippen molar-refractivity contribution in [3.63, 3.8) is 0 Å². The molecule has 2 aromatic rings. The van der Waals surface area contributed by atoms with Crippen LogP contribution in [0.1, 0.15) is 5.56 Å². The quantitative estimate of drug-likeness (QED) is 0.506. The van der Waals surface area contributed by atoms with Crippen LogP contribution in [-0.2, 0) is 5.75 Å². The summed E-state index contributed by atoms with van der Waals surface area (Å²) in [7, 11) is 0. The molecule has 0 amide bonds. The molecule has 0 aliphatic carbocycles. The maximum absolute atomic E-state index is 5.82. The zero-order valence-corrected chi connectivity index (χ0v) is 10.5. The van der Waals surface area contributed by atoms with E-state index >= 15 is 0 Å². The molecule has 6 heteroatoms. The first-order chi connectivity index (χ1) is 8.28. The summed E-state index contributed by atoms with van der Waals surface area (Å²) < 4.78 is 0. The highest BCUT2D eigenvalue weighted by Crippen LogP contribution is 2.21. The summed E-state index contributed by atoms with van der Waals surface area (Å²) in [6.07, 6.45) is 3.29. The van der Waals surface area contributed by atoms with Crippen LogP contribution in [0.3, 0.4) is 0 Å². The second-order valence-corrected chi connectivity index (χ2v) is 4.73. The molecule has 1 aromatic carbocycles. The zero-order valence-electron chi connectivity index (χ0n) is 8.93. The molecule has 0 fully saturated rings. The van der Waals surface area contributed by atoms with Crippen LogP contribution in [0, 0.1) is 0 Å². The molecule has 0 radical (unpaired) electrons. The van der Waals surface area contributed by atoms with Crippen LogP contribution < -0.4 is 11.3 Å². The van der Waals surface area contributed by atoms with E-state index in [1.54, 1.807) is 24.2 Å². The van der Waals surface area contributed by atoms with Gasteiger partial charge in [-0.1, -0.05) is 23.7 Å². The Balaban J connectivity index is 1.99. The van der Waals surface area contributed by atoms with Gasteiger partial charge in [-0.3, -0.25) is 4.98 Å². The molecule has 0 saturated carbocycles. The van der Waals surface area contributed by atoms with Gasteiger partial charge in [-0.2, -0.15) is 0 Å². The molecule has 17 heavy (non-hydrogen) atoms. The molecule has 0 saturated heterocycles. The fourth-order valence-electron chi connectivity index (χ4n) is 1.23. The monoisotopic (exact) mass is 266 g/mol. The van der Waals surface area contributed by atoms with Gasteiger partial charge in [0.05, 0.1) is 12.4 Å². The third kappa shape index (κ3) is 3.59. The fourth-order valence-corrected chi connectivity index (χ4v) is 2.16. The average Bonchev–Trinajstić information content (AvgIpc) is 2.38. The first-order valence-electron chi connectivity index (χ1n) is 4.94. The molecule has 0 bridgehead atoms. The smallest absolute Gasteiger partial charge is 0.159 e. The average molecular weight is 267 g/mol. The van der Waals surface area contributed by atoms with E-state index in [0.717, 1.165) is 15.8 Å². The second-order valence-electron chi connectivity index (χ2n) is 3.30. The Morgan fingerprint density at radius 3 is 2.71 bits per heavy atom. The van der Waals surface area contributed by atoms with Crippen LogP contribution in [-0.4, -0.2) is 9.97 Å². The molecule has 0 atom stereocenters. The van der Waals surface area contributed by atoms with Gasteiger partial charge in [-0.15, -0.1) is 11.8 Å². The van der Waals surface area contributed by atoms with Crippen LogP contribution in [0.25, 0.3) is 0 Å². The van der Waals surface area contributed by atoms with Crippen LogP contribution in [0.4, 0.5) is 5.82 Å². The van der Waals surface area contributed by atoms with Crippen molar-refractivity contribution in [2.45, 2.75) is 10.8 Å². The summed E-state index contributed by atoms with van der Waals surface area (Å²) in [5.41, 5.74) is 3.66. The lowest BCUT2D eigenvalue weighted by Gasteiger charge is -2.03. The summed E-state index contributed by atoms with van der Waals surface area (Å²) in [6.45, 7) is 0. The molecule has 0 aliphatic heterocycles. The number of halogens is 1. The number of nitrogens with one attached hydrogen (secondary N) is 1. The van der Waals surface area contributed by atoms with Crippen LogP contribution in [0.5, 0.6) is 0 Å². The molecule has 2 rings (SSSR count). The maximum atomic E-state index is 5.82. The highest BCUT2D eigenvalue weighted by atomic mass is 35.5. The summed E-state index contributed by atoms with van der Waals surface area (Å²) in [6, 6.07) is 7.74. The van der Waals surface area contributed by atoms with Gasteiger partial charge in [0.2, 0.25) is 0 Å². The normalized spacial score (nSPS) is 10.2. The van der Waals surface area contributed by atoms with Crippen molar-refractivity contribution in [1.29, 1.82) is 0 Å². The lowest BCUT2D eigenvalue weighted by atomic mass is 10.2. The minimum atomic E-state index is 0.561. The van der Waals surface area contributed by atoms with E-state index in [4.69, 9.17) is 17.4 Å². The summed E-state index contributed by atoms with van der Waals surface area (Å²) in [4.78, 5) is 8.30. The largest absolute Gasteiger partial charge is 0.307 e. The first-order valence-corrected chi connectivity index (χ1v) is 6.30. The number of hydrogen-bond acceptors (Lipinski definition) is 5. The number of aromatic nitrogens is 2. The molecule has 88 valence electrons. The molecular weight excluding hydrogens is 256 g/mol. The third-order valence-electron chi connectivity index (χ3n) is 2.06. The standard InChI is InChI=1S/C11H11ClN4S/c12-9-3-1-8(2-4-9)7-17-11-6-14-5-10(15-11)16-13/h1-6H,7,13H2,(H,15,16). The topological polar surface area (TPSA) is 63.8 Å². The number of nitrogen functional groups attached to an aromatic ring is 1. The van der Waals surface area contributed by atoms with Gasteiger partial charge in [0.1, 0.15) is 5.03 Å². The van der Waals surface area contributed by atoms with Gasteiger partial charge in [0, 0.05) is 10.8 Å². The minimum absolute atomic E-state index is 0.561. The number of rotatable bonds is 4. The third-order valence-corrected chi connectivity index (χ3v) is 3.28. The number of thioether (sulfide) groups is 1. The molecule has 1 heterocycles. The van der Waals surface area contributed by atoms with E-state index < -0.39 is 0 Å². The minimum Gasteiger partial charge on any atom is -0.307 e. The number of anilines is 1. The lowest BCUT2D eigenvalue weighted by Crippen LogP contribution is -2.08. The Kier molecular flexibility index (Phi) is 4.19. The van der Waals surface area contributed by atoms with E-state index in [1.807, 2.05) is 24.3 Å². The Labute approximate surface area is 109 Å². The number of hydrazine groups is 1. The summed E-state index contributed by atoms with van der Waals surface area (Å²) >= 11 is 7.41. The van der Waals surface area contributed by atoms with Gasteiger partial charge in [-0.25, -0.2) is 10.8 Å². The van der Waals surface area contributed by atoms with Crippen molar-refractivity contribution in [1.82, 2.24) is 9.97 Å². The van der Waals surface area contributed by atoms with Gasteiger partial charge in [0.25, 0.3) is 0 Å². The van der Waals surface area contributed by atoms with Crippen molar-refractivity contribution in [3.05, 3.63) is 47.2 Å². The molecule has 0 aliphatic rings. The summed E-state index contributed by atoms with van der Waals surface area (Å²) in [5, 5.41) is 1.57. The Bertz CT molecular complexity index is 489. The van der Waals surface area contributed by atoms with E-state index in [2.05, 4.69) is 15.4 Å². The van der Waals surface area contributed by atoms with Gasteiger partial charge >= 0.3 is 0 Å². The second kappa shape index (κ2) is 5.86. The SMILES string of the molecule is NNc1cncc(SCc2ccc(Cl)cc2)n1. The van der Waals surface area contributed by atoms with E-state index in [1.165, 1.54) is 5.56 Å². The van der Waals surface area contributed by atoms with E-state index in [9.17, 15) is 0 Å². The van der Waals surface area contributed by atoms with Crippen LogP contribution in [0.15, 0.2) is 41.7 Å². The van der Waals surface area contributed by atoms with Gasteiger partial charge < -0.3 is 5.43 Å². The molecule has 3 N–H and O–H groups in total. The molecular formula is C11H11ClN4S. The predicted molar refractivity (Wildman–Crippen MR) is 70.9 cm³/mol. The number of benzene rings is 1. The number of nitrogens with zero attached hydrogens (tertiary/aromatic N) is 2. The predicted octanol–water partition coefficient (Wildman–Crippen LogP) is 2.71. The summed E-state index contributed by atoms with van der Waals surface area (Å²) in [5.74, 6) is 6.65. The fraction of sp³-hybridized carbons (Fsp3) is 0.0909. The molecule has 0 unspecified atom stereocenters. The van der Waals surface area contributed by atoms with Crippen molar-refractivity contribution >= 4 is 29.2 Å². The Morgan fingerprint density at radius 2 is 2.00 bits per heavy atom. The Morgan fingerprint density at radius 1 is 1.24 bits per heavy atom. The lowest BCUT2D eigenvalue weighted by molar-refractivity contribution is 1.04. The number of nitrogens with two attached hydrogens (primary N) is 1. The van der Waals surface area contributed by atoms with Gasteiger partial charge in [0.15, 0.2) is 5.82 Å². The molecule has 0 spiro atoms. The highest BCUT2D eigenvalue weighted by Gasteiger charge is 2.00. The van der Waals surface area contributed by atoms with Crippen LogP contribution in [0.2, 0.25) is 5.02 Å². The zero-order chi connectivity index (χ0) is 12.1. The van der Waals surface area contributed by atoms with Crippen molar-refractivity contribution in [3.8, 4) is 0 Å². The molecule has 1 aromatic heterocycles. The van der Waals surface area contributed by atoms with Crippen LogP contribution >= 0.6 is 23.4 Å².